The van der Waals surface area contributed by atoms with Crippen molar-refractivity contribution < 1.29 is 19.1 Å². The summed E-state index contributed by atoms with van der Waals surface area (Å²) in [5, 5.41) is 2.74. The van der Waals surface area contributed by atoms with Crippen molar-refractivity contribution in [1.29, 1.82) is 0 Å². The summed E-state index contributed by atoms with van der Waals surface area (Å²) in [5.74, 6) is 0.279. The Hall–Kier alpha value is -3.73. The molecule has 0 radical (unpaired) electrons. The van der Waals surface area contributed by atoms with Crippen molar-refractivity contribution >= 4 is 17.5 Å². The second-order valence-corrected chi connectivity index (χ2v) is 6.86. The number of ketones is 2. The van der Waals surface area contributed by atoms with E-state index in [4.69, 9.17) is 4.74 Å². The van der Waals surface area contributed by atoms with Gasteiger partial charge in [0.15, 0.2) is 18.2 Å². The summed E-state index contributed by atoms with van der Waals surface area (Å²) in [4.78, 5) is 35.7. The molecular formula is C25H23NO4. The van der Waals surface area contributed by atoms with Crippen LogP contribution in [0.4, 0.5) is 0 Å². The van der Waals surface area contributed by atoms with E-state index in [0.29, 0.717) is 35.4 Å². The lowest BCUT2D eigenvalue weighted by molar-refractivity contribution is -0.118. The lowest BCUT2D eigenvalue weighted by Gasteiger charge is -2.08. The van der Waals surface area contributed by atoms with Crippen LogP contribution in [0, 0.1) is 0 Å². The standard InChI is InChI=1S/C25H23NO4/c1-18(27)26-16-15-19-7-9-20(10-8-19)24(28)17-30-23-13-11-22(12-14-23)25(29)21-5-3-2-4-6-21/h2-14H,15-17H2,1H3,(H,26,27). The summed E-state index contributed by atoms with van der Waals surface area (Å²) >= 11 is 0. The Morgan fingerprint density at radius 1 is 0.767 bits per heavy atom. The topological polar surface area (TPSA) is 72.5 Å². The van der Waals surface area contributed by atoms with Gasteiger partial charge in [-0.25, -0.2) is 0 Å². The number of Topliss-reactive ketones (excluding diaryl/α,β-unsaturated/α-hetero) is 1. The molecule has 0 spiro atoms. The lowest BCUT2D eigenvalue weighted by Crippen LogP contribution is -2.22. The molecule has 0 aliphatic rings. The molecule has 0 atom stereocenters. The van der Waals surface area contributed by atoms with Gasteiger partial charge in [-0.2, -0.15) is 0 Å². The highest BCUT2D eigenvalue weighted by atomic mass is 16.5. The number of hydrogen-bond acceptors (Lipinski definition) is 4. The predicted octanol–water partition coefficient (Wildman–Crippen LogP) is 3.86. The van der Waals surface area contributed by atoms with Crippen LogP contribution in [0.25, 0.3) is 0 Å². The third-order valence-corrected chi connectivity index (χ3v) is 4.59. The molecule has 0 aromatic heterocycles. The third kappa shape index (κ3) is 5.88. The van der Waals surface area contributed by atoms with Gasteiger partial charge in [0, 0.05) is 30.2 Å². The molecule has 3 aromatic rings. The van der Waals surface area contributed by atoms with Gasteiger partial charge in [0.1, 0.15) is 5.75 Å². The minimum absolute atomic E-state index is 0.0585. The minimum Gasteiger partial charge on any atom is -0.485 e. The van der Waals surface area contributed by atoms with Crippen molar-refractivity contribution in [2.45, 2.75) is 13.3 Å². The number of carbonyl (C=O) groups is 3. The molecule has 0 aliphatic heterocycles. The Labute approximate surface area is 175 Å². The van der Waals surface area contributed by atoms with Crippen LogP contribution < -0.4 is 10.1 Å². The second-order valence-electron chi connectivity index (χ2n) is 6.86. The highest BCUT2D eigenvalue weighted by Crippen LogP contribution is 2.16. The molecule has 0 bridgehead atoms. The van der Waals surface area contributed by atoms with Gasteiger partial charge in [0.25, 0.3) is 0 Å². The third-order valence-electron chi connectivity index (χ3n) is 4.59. The normalized spacial score (nSPS) is 10.3. The predicted molar refractivity (Wildman–Crippen MR) is 115 cm³/mol. The van der Waals surface area contributed by atoms with Crippen LogP contribution in [0.5, 0.6) is 5.75 Å². The van der Waals surface area contributed by atoms with Crippen molar-refractivity contribution in [3.8, 4) is 5.75 Å². The van der Waals surface area contributed by atoms with Gasteiger partial charge in [-0.15, -0.1) is 0 Å². The maximum absolute atomic E-state index is 12.4. The van der Waals surface area contributed by atoms with E-state index < -0.39 is 0 Å². The molecule has 0 fully saturated rings. The molecule has 5 heteroatoms. The first-order chi connectivity index (χ1) is 14.5. The largest absolute Gasteiger partial charge is 0.485 e. The van der Waals surface area contributed by atoms with Crippen LogP contribution >= 0.6 is 0 Å². The van der Waals surface area contributed by atoms with E-state index >= 15 is 0 Å². The second kappa shape index (κ2) is 10.2. The Balaban J connectivity index is 1.52. The molecule has 0 aliphatic carbocycles. The van der Waals surface area contributed by atoms with E-state index in [1.54, 1.807) is 48.5 Å². The molecule has 30 heavy (non-hydrogen) atoms. The summed E-state index contributed by atoms with van der Waals surface area (Å²) in [7, 11) is 0. The molecule has 5 nitrogen and oxygen atoms in total. The first-order valence-electron chi connectivity index (χ1n) is 9.72. The zero-order valence-electron chi connectivity index (χ0n) is 16.8. The molecule has 1 amide bonds. The smallest absolute Gasteiger partial charge is 0.216 e. The minimum atomic E-state index is -0.132. The number of rotatable bonds is 9. The zero-order valence-corrected chi connectivity index (χ0v) is 16.8. The van der Waals surface area contributed by atoms with Gasteiger partial charge >= 0.3 is 0 Å². The summed E-state index contributed by atoms with van der Waals surface area (Å²) in [5.41, 5.74) is 2.80. The average molecular weight is 401 g/mol. The van der Waals surface area contributed by atoms with E-state index in [-0.39, 0.29) is 24.1 Å². The Morgan fingerprint density at radius 2 is 1.37 bits per heavy atom. The molecule has 1 N–H and O–H groups in total. The zero-order chi connectivity index (χ0) is 21.3. The van der Waals surface area contributed by atoms with Crippen LogP contribution in [0.15, 0.2) is 78.9 Å². The van der Waals surface area contributed by atoms with Gasteiger partial charge in [0.2, 0.25) is 5.91 Å². The molecule has 0 saturated heterocycles. The van der Waals surface area contributed by atoms with Crippen molar-refractivity contribution in [3.05, 3.63) is 101 Å². The fraction of sp³-hybridized carbons (Fsp3) is 0.160. The van der Waals surface area contributed by atoms with Crippen molar-refractivity contribution in [2.75, 3.05) is 13.2 Å². The average Bonchev–Trinajstić information content (AvgIpc) is 2.78. The van der Waals surface area contributed by atoms with Gasteiger partial charge in [0.05, 0.1) is 0 Å². The number of benzene rings is 3. The van der Waals surface area contributed by atoms with Crippen LogP contribution in [0.3, 0.4) is 0 Å². The van der Waals surface area contributed by atoms with Crippen LogP contribution in [-0.4, -0.2) is 30.6 Å². The quantitative estimate of drug-likeness (QED) is 0.553. The molecule has 3 aromatic carbocycles. The number of hydrogen-bond donors (Lipinski definition) is 1. The number of ether oxygens (including phenoxy) is 1. The monoisotopic (exact) mass is 401 g/mol. The fourth-order valence-electron chi connectivity index (χ4n) is 2.93. The maximum atomic E-state index is 12.4. The van der Waals surface area contributed by atoms with Crippen LogP contribution in [-0.2, 0) is 11.2 Å². The molecule has 3 rings (SSSR count). The van der Waals surface area contributed by atoms with Gasteiger partial charge in [-0.1, -0.05) is 54.6 Å². The highest BCUT2D eigenvalue weighted by Gasteiger charge is 2.10. The Kier molecular flexibility index (Phi) is 7.11. The summed E-state index contributed by atoms with van der Waals surface area (Å²) in [6, 6.07) is 23.1. The highest BCUT2D eigenvalue weighted by molar-refractivity contribution is 6.09. The van der Waals surface area contributed by atoms with E-state index in [1.807, 2.05) is 30.3 Å². The van der Waals surface area contributed by atoms with Crippen molar-refractivity contribution in [3.63, 3.8) is 0 Å². The summed E-state index contributed by atoms with van der Waals surface area (Å²) in [6.07, 6.45) is 0.707. The Morgan fingerprint density at radius 3 is 2.00 bits per heavy atom. The van der Waals surface area contributed by atoms with Crippen LogP contribution in [0.2, 0.25) is 0 Å². The van der Waals surface area contributed by atoms with Crippen LogP contribution in [0.1, 0.15) is 38.8 Å². The molecule has 0 unspecified atom stereocenters. The fourth-order valence-corrected chi connectivity index (χ4v) is 2.93. The SMILES string of the molecule is CC(=O)NCCc1ccc(C(=O)COc2ccc(C(=O)c3ccccc3)cc2)cc1. The summed E-state index contributed by atoms with van der Waals surface area (Å²) < 4.78 is 5.58. The number of carbonyl (C=O) groups excluding carboxylic acids is 3. The maximum Gasteiger partial charge on any atom is 0.216 e. The van der Waals surface area contributed by atoms with Gasteiger partial charge < -0.3 is 10.1 Å². The summed E-state index contributed by atoms with van der Waals surface area (Å²) in [6.45, 7) is 1.96. The van der Waals surface area contributed by atoms with Gasteiger partial charge in [-0.05, 0) is 36.2 Å². The van der Waals surface area contributed by atoms with Crippen molar-refractivity contribution in [2.24, 2.45) is 0 Å². The van der Waals surface area contributed by atoms with E-state index in [2.05, 4.69) is 5.32 Å². The molecule has 152 valence electrons. The first-order valence-corrected chi connectivity index (χ1v) is 9.72. The van der Waals surface area contributed by atoms with E-state index in [0.717, 1.165) is 5.56 Å². The molecular weight excluding hydrogens is 378 g/mol. The number of nitrogens with one attached hydrogen (secondary N) is 1. The van der Waals surface area contributed by atoms with E-state index in [1.165, 1.54) is 6.92 Å². The van der Waals surface area contributed by atoms with E-state index in [9.17, 15) is 14.4 Å². The number of amides is 1. The molecule has 0 saturated carbocycles. The molecule has 0 heterocycles. The van der Waals surface area contributed by atoms with Crippen molar-refractivity contribution in [1.82, 2.24) is 5.32 Å². The Bertz CT molecular complexity index is 1010. The first kappa shape index (κ1) is 21.0. The van der Waals surface area contributed by atoms with Gasteiger partial charge in [-0.3, -0.25) is 14.4 Å². The lowest BCUT2D eigenvalue weighted by atomic mass is 10.0.